The predicted octanol–water partition coefficient (Wildman–Crippen LogP) is 3.38. The van der Waals surface area contributed by atoms with Crippen LogP contribution in [0.3, 0.4) is 0 Å². The van der Waals surface area contributed by atoms with E-state index >= 15 is 0 Å². The smallest absolute Gasteiger partial charge is 0.251 e. The first kappa shape index (κ1) is 15.3. The molecule has 0 radical (unpaired) electrons. The fraction of sp³-hybridized carbons (Fsp3) is 0.150. The summed E-state index contributed by atoms with van der Waals surface area (Å²) in [5, 5.41) is 5.14. The third-order valence-corrected chi connectivity index (χ3v) is 4.01. The Bertz CT molecular complexity index is 922. The van der Waals surface area contributed by atoms with Crippen LogP contribution in [0.4, 0.5) is 0 Å². The Morgan fingerprint density at radius 2 is 1.80 bits per heavy atom. The van der Waals surface area contributed by atoms with Gasteiger partial charge in [0.25, 0.3) is 5.91 Å². The van der Waals surface area contributed by atoms with Gasteiger partial charge in [-0.2, -0.15) is 0 Å². The van der Waals surface area contributed by atoms with Crippen LogP contribution in [-0.2, 0) is 0 Å². The highest BCUT2D eigenvalue weighted by molar-refractivity contribution is 5.94. The zero-order chi connectivity index (χ0) is 17.1. The van der Waals surface area contributed by atoms with Crippen molar-refractivity contribution in [3.05, 3.63) is 66.2 Å². The Kier molecular flexibility index (Phi) is 4.12. The molecule has 1 aliphatic heterocycles. The van der Waals surface area contributed by atoms with Gasteiger partial charge in [-0.15, -0.1) is 0 Å². The minimum Gasteiger partial charge on any atom is -0.492 e. The van der Waals surface area contributed by atoms with Crippen LogP contribution in [-0.4, -0.2) is 25.9 Å². The number of carbonyl (C=O) groups is 1. The van der Waals surface area contributed by atoms with E-state index in [1.54, 1.807) is 18.2 Å². The molecular weight excluding hydrogens is 318 g/mol. The second kappa shape index (κ2) is 6.73. The molecule has 0 bridgehead atoms. The van der Waals surface area contributed by atoms with E-state index < -0.39 is 0 Å². The quantitative estimate of drug-likeness (QED) is 0.726. The average Bonchev–Trinajstić information content (AvgIpc) is 3.12. The molecule has 1 heterocycles. The Labute approximate surface area is 145 Å². The number of fused-ring (bicyclic) bond motifs is 2. The molecule has 3 aromatic carbocycles. The molecule has 5 heteroatoms. The molecule has 0 unspecified atom stereocenters. The molecule has 0 aliphatic carbocycles. The van der Waals surface area contributed by atoms with E-state index in [1.165, 1.54) is 5.39 Å². The van der Waals surface area contributed by atoms with Gasteiger partial charge >= 0.3 is 0 Å². The van der Waals surface area contributed by atoms with Crippen LogP contribution in [0, 0.1) is 0 Å². The maximum Gasteiger partial charge on any atom is 0.251 e. The maximum absolute atomic E-state index is 12.2. The van der Waals surface area contributed by atoms with E-state index in [9.17, 15) is 4.79 Å². The van der Waals surface area contributed by atoms with Crippen molar-refractivity contribution in [1.29, 1.82) is 0 Å². The number of ether oxygens (including phenoxy) is 3. The van der Waals surface area contributed by atoms with Crippen LogP contribution >= 0.6 is 0 Å². The van der Waals surface area contributed by atoms with Crippen LogP contribution in [0.5, 0.6) is 17.2 Å². The first-order valence-corrected chi connectivity index (χ1v) is 8.09. The van der Waals surface area contributed by atoms with Gasteiger partial charge in [0, 0.05) is 5.56 Å². The lowest BCUT2D eigenvalue weighted by Crippen LogP contribution is -2.28. The molecule has 0 saturated heterocycles. The summed E-state index contributed by atoms with van der Waals surface area (Å²) in [7, 11) is 0. The molecular formula is C20H17NO4. The number of hydrogen-bond donors (Lipinski definition) is 1. The minimum absolute atomic E-state index is 0.166. The summed E-state index contributed by atoms with van der Waals surface area (Å²) < 4.78 is 16.2. The molecule has 1 aliphatic rings. The summed E-state index contributed by atoms with van der Waals surface area (Å²) in [6.45, 7) is 1.01. The molecule has 3 aromatic rings. The van der Waals surface area contributed by atoms with E-state index in [1.807, 2.05) is 36.4 Å². The Morgan fingerprint density at radius 1 is 0.960 bits per heavy atom. The number of carbonyl (C=O) groups excluding carboxylic acids is 1. The van der Waals surface area contributed by atoms with Gasteiger partial charge in [0.15, 0.2) is 11.5 Å². The summed E-state index contributed by atoms with van der Waals surface area (Å²) in [5.41, 5.74) is 0.537. The maximum atomic E-state index is 12.2. The van der Waals surface area contributed by atoms with Gasteiger partial charge in [0.2, 0.25) is 6.79 Å². The SMILES string of the molecule is O=C(NCCOc1ccc2ccccc2c1)c1ccc2c(c1)OCO2. The van der Waals surface area contributed by atoms with Crippen LogP contribution in [0.15, 0.2) is 60.7 Å². The first-order valence-electron chi connectivity index (χ1n) is 8.09. The van der Waals surface area contributed by atoms with Gasteiger partial charge < -0.3 is 19.5 Å². The van der Waals surface area contributed by atoms with Crippen LogP contribution in [0.2, 0.25) is 0 Å². The lowest BCUT2D eigenvalue weighted by atomic mass is 10.1. The molecule has 0 aromatic heterocycles. The molecule has 0 saturated carbocycles. The van der Waals surface area contributed by atoms with E-state index in [0.29, 0.717) is 30.2 Å². The minimum atomic E-state index is -0.166. The lowest BCUT2D eigenvalue weighted by molar-refractivity contribution is 0.0946. The van der Waals surface area contributed by atoms with Crippen molar-refractivity contribution in [3.63, 3.8) is 0 Å². The van der Waals surface area contributed by atoms with E-state index in [-0.39, 0.29) is 12.7 Å². The van der Waals surface area contributed by atoms with Crippen LogP contribution in [0.1, 0.15) is 10.4 Å². The van der Waals surface area contributed by atoms with Crippen molar-refractivity contribution in [2.24, 2.45) is 0 Å². The van der Waals surface area contributed by atoms with Gasteiger partial charge in [-0.25, -0.2) is 0 Å². The summed E-state index contributed by atoms with van der Waals surface area (Å²) in [4.78, 5) is 12.2. The normalized spacial score (nSPS) is 12.2. The number of hydrogen-bond acceptors (Lipinski definition) is 4. The lowest BCUT2D eigenvalue weighted by Gasteiger charge is -2.09. The molecule has 0 fully saturated rings. The molecule has 1 amide bonds. The van der Waals surface area contributed by atoms with E-state index in [2.05, 4.69) is 11.4 Å². The van der Waals surface area contributed by atoms with Crippen molar-refractivity contribution in [2.75, 3.05) is 19.9 Å². The monoisotopic (exact) mass is 335 g/mol. The molecule has 5 nitrogen and oxygen atoms in total. The van der Waals surface area contributed by atoms with E-state index in [0.717, 1.165) is 11.1 Å². The fourth-order valence-corrected chi connectivity index (χ4v) is 2.73. The standard InChI is InChI=1S/C20H17NO4/c22-20(16-6-8-18-19(12-16)25-13-24-18)21-9-10-23-17-7-5-14-3-1-2-4-15(14)11-17/h1-8,11-12H,9-10,13H2,(H,21,22). The number of rotatable bonds is 5. The Hall–Kier alpha value is -3.21. The topological polar surface area (TPSA) is 56.8 Å². The molecule has 4 rings (SSSR count). The zero-order valence-electron chi connectivity index (χ0n) is 13.5. The molecule has 25 heavy (non-hydrogen) atoms. The fourth-order valence-electron chi connectivity index (χ4n) is 2.73. The zero-order valence-corrected chi connectivity index (χ0v) is 13.5. The van der Waals surface area contributed by atoms with Gasteiger partial charge in [-0.3, -0.25) is 4.79 Å². The third kappa shape index (κ3) is 3.35. The first-order chi connectivity index (χ1) is 12.3. The highest BCUT2D eigenvalue weighted by atomic mass is 16.7. The number of amides is 1. The number of benzene rings is 3. The van der Waals surface area contributed by atoms with Crippen molar-refractivity contribution in [2.45, 2.75) is 0 Å². The number of nitrogens with one attached hydrogen (secondary N) is 1. The van der Waals surface area contributed by atoms with Crippen molar-refractivity contribution >= 4 is 16.7 Å². The van der Waals surface area contributed by atoms with Gasteiger partial charge in [0.1, 0.15) is 12.4 Å². The van der Waals surface area contributed by atoms with Crippen molar-refractivity contribution in [3.8, 4) is 17.2 Å². The summed E-state index contributed by atoms with van der Waals surface area (Å²) in [6.07, 6.45) is 0. The molecule has 126 valence electrons. The summed E-state index contributed by atoms with van der Waals surface area (Å²) in [5.74, 6) is 1.88. The molecule has 0 atom stereocenters. The van der Waals surface area contributed by atoms with Crippen LogP contribution in [0.25, 0.3) is 10.8 Å². The Morgan fingerprint density at radius 3 is 2.72 bits per heavy atom. The van der Waals surface area contributed by atoms with Gasteiger partial charge in [0.05, 0.1) is 6.54 Å². The van der Waals surface area contributed by atoms with Crippen molar-refractivity contribution in [1.82, 2.24) is 5.32 Å². The Balaban J connectivity index is 1.30. The average molecular weight is 335 g/mol. The largest absolute Gasteiger partial charge is 0.492 e. The van der Waals surface area contributed by atoms with E-state index in [4.69, 9.17) is 14.2 Å². The summed E-state index contributed by atoms with van der Waals surface area (Å²) in [6, 6.07) is 19.2. The molecule has 0 spiro atoms. The van der Waals surface area contributed by atoms with Crippen LogP contribution < -0.4 is 19.5 Å². The van der Waals surface area contributed by atoms with Crippen molar-refractivity contribution < 1.29 is 19.0 Å². The predicted molar refractivity (Wildman–Crippen MR) is 94.3 cm³/mol. The highest BCUT2D eigenvalue weighted by Gasteiger charge is 2.15. The third-order valence-electron chi connectivity index (χ3n) is 4.01. The van der Waals surface area contributed by atoms with Gasteiger partial charge in [-0.1, -0.05) is 30.3 Å². The second-order valence-electron chi connectivity index (χ2n) is 5.68. The van der Waals surface area contributed by atoms with Gasteiger partial charge in [-0.05, 0) is 41.1 Å². The molecule has 1 N–H and O–H groups in total. The highest BCUT2D eigenvalue weighted by Crippen LogP contribution is 2.32. The summed E-state index contributed by atoms with van der Waals surface area (Å²) >= 11 is 0. The second-order valence-corrected chi connectivity index (χ2v) is 5.68.